The fraction of sp³-hybridized carbons (Fsp3) is 0.600. The first kappa shape index (κ1) is 11.4. The van der Waals surface area contributed by atoms with E-state index in [0.29, 0.717) is 6.42 Å². The smallest absolute Gasteiger partial charge is 0.0856 e. The molecule has 0 spiro atoms. The number of hydrogen-bond donors (Lipinski definition) is 2. The van der Waals surface area contributed by atoms with Crippen molar-refractivity contribution in [3.05, 3.63) is 24.3 Å². The van der Waals surface area contributed by atoms with Crippen LogP contribution in [0.2, 0.25) is 0 Å². The van der Waals surface area contributed by atoms with E-state index >= 15 is 0 Å². The molecule has 0 heterocycles. The van der Waals surface area contributed by atoms with Gasteiger partial charge in [0.25, 0.3) is 0 Å². The van der Waals surface area contributed by atoms with Gasteiger partial charge in [0.15, 0.2) is 0 Å². The summed E-state index contributed by atoms with van der Waals surface area (Å²) in [6, 6.07) is 0. The fourth-order valence-electron chi connectivity index (χ4n) is 0.669. The Kier molecular flexibility index (Phi) is 4.21. The van der Waals surface area contributed by atoms with Crippen molar-refractivity contribution in [1.29, 1.82) is 0 Å². The first-order valence-electron chi connectivity index (χ1n) is 4.07. The Morgan fingerprint density at radius 3 is 2.42 bits per heavy atom. The molecule has 2 nitrogen and oxygen atoms in total. The van der Waals surface area contributed by atoms with Crippen molar-refractivity contribution in [2.24, 2.45) is 0 Å². The Morgan fingerprint density at radius 2 is 2.08 bits per heavy atom. The normalized spacial score (nSPS) is 15.9. The summed E-state index contributed by atoms with van der Waals surface area (Å²) in [4.78, 5) is 0. The van der Waals surface area contributed by atoms with Gasteiger partial charge in [0.1, 0.15) is 0 Å². The maximum Gasteiger partial charge on any atom is 0.0856 e. The second-order valence-electron chi connectivity index (χ2n) is 3.56. The van der Waals surface area contributed by atoms with E-state index in [0.717, 1.165) is 5.57 Å². The van der Waals surface area contributed by atoms with E-state index in [9.17, 15) is 10.2 Å². The molecule has 0 rings (SSSR count). The van der Waals surface area contributed by atoms with Crippen molar-refractivity contribution < 1.29 is 10.2 Å². The van der Waals surface area contributed by atoms with E-state index < -0.39 is 11.7 Å². The van der Waals surface area contributed by atoms with Gasteiger partial charge in [0.2, 0.25) is 0 Å². The molecule has 0 bridgehead atoms. The van der Waals surface area contributed by atoms with Gasteiger partial charge >= 0.3 is 0 Å². The van der Waals surface area contributed by atoms with Crippen LogP contribution >= 0.6 is 0 Å². The van der Waals surface area contributed by atoms with Gasteiger partial charge in [-0.15, -0.1) is 0 Å². The Hall–Kier alpha value is -0.600. The van der Waals surface area contributed by atoms with Gasteiger partial charge in [0, 0.05) is 0 Å². The first-order chi connectivity index (χ1) is 5.38. The molecule has 12 heavy (non-hydrogen) atoms. The highest BCUT2D eigenvalue weighted by atomic mass is 16.3. The lowest BCUT2D eigenvalue weighted by Gasteiger charge is -2.23. The molecule has 0 unspecified atom stereocenters. The molecule has 2 N–H and O–H groups in total. The van der Waals surface area contributed by atoms with Crippen molar-refractivity contribution in [2.45, 2.75) is 38.9 Å². The number of rotatable bonds is 4. The Balaban J connectivity index is 4.03. The standard InChI is InChI=1S/C10H18O2/c1-5-8(2)6-7-9(11)10(3,4)12/h5-6,9,11-12H,1,7H2,2-4H3/b8-6-/t9-/m0/s1. The van der Waals surface area contributed by atoms with E-state index in [2.05, 4.69) is 6.58 Å². The third kappa shape index (κ3) is 4.31. The Labute approximate surface area is 74.2 Å². The number of allylic oxidation sites excluding steroid dienone is 2. The molecule has 0 aromatic heterocycles. The summed E-state index contributed by atoms with van der Waals surface area (Å²) >= 11 is 0. The molecule has 70 valence electrons. The van der Waals surface area contributed by atoms with Crippen LogP contribution in [0.3, 0.4) is 0 Å². The summed E-state index contributed by atoms with van der Waals surface area (Å²) in [5.74, 6) is 0. The van der Waals surface area contributed by atoms with Crippen LogP contribution in [0.4, 0.5) is 0 Å². The van der Waals surface area contributed by atoms with E-state index in [1.165, 1.54) is 0 Å². The average Bonchev–Trinajstić information content (AvgIpc) is 1.97. The molecule has 0 aliphatic rings. The van der Waals surface area contributed by atoms with Crippen molar-refractivity contribution >= 4 is 0 Å². The number of hydrogen-bond acceptors (Lipinski definition) is 2. The first-order valence-corrected chi connectivity index (χ1v) is 4.07. The molecule has 0 fully saturated rings. The van der Waals surface area contributed by atoms with Crippen LogP contribution < -0.4 is 0 Å². The molecule has 0 aromatic rings. The zero-order valence-corrected chi connectivity index (χ0v) is 8.04. The third-order valence-corrected chi connectivity index (χ3v) is 1.80. The van der Waals surface area contributed by atoms with Crippen LogP contribution in [0, 0.1) is 0 Å². The molecule has 0 aliphatic heterocycles. The van der Waals surface area contributed by atoms with Gasteiger partial charge in [0.05, 0.1) is 11.7 Å². The van der Waals surface area contributed by atoms with Gasteiger partial charge in [-0.25, -0.2) is 0 Å². The molecule has 0 radical (unpaired) electrons. The fourth-order valence-corrected chi connectivity index (χ4v) is 0.669. The quantitative estimate of drug-likeness (QED) is 0.630. The van der Waals surface area contributed by atoms with E-state index in [4.69, 9.17) is 0 Å². The number of aliphatic hydroxyl groups excluding tert-OH is 1. The molecule has 0 aliphatic carbocycles. The van der Waals surface area contributed by atoms with Crippen LogP contribution in [0.25, 0.3) is 0 Å². The molecule has 0 saturated heterocycles. The molecule has 2 heteroatoms. The molecule has 1 atom stereocenters. The monoisotopic (exact) mass is 170 g/mol. The van der Waals surface area contributed by atoms with Gasteiger partial charge in [-0.1, -0.05) is 24.3 Å². The minimum absolute atomic E-state index is 0.460. The second kappa shape index (κ2) is 4.43. The van der Waals surface area contributed by atoms with Gasteiger partial charge in [-0.3, -0.25) is 0 Å². The molecular formula is C10H18O2. The second-order valence-corrected chi connectivity index (χ2v) is 3.56. The lowest BCUT2D eigenvalue weighted by molar-refractivity contribution is -0.0457. The highest BCUT2D eigenvalue weighted by Crippen LogP contribution is 2.13. The summed E-state index contributed by atoms with van der Waals surface area (Å²) in [6.07, 6.45) is 3.32. The van der Waals surface area contributed by atoms with Gasteiger partial charge < -0.3 is 10.2 Å². The van der Waals surface area contributed by atoms with Crippen LogP contribution in [0.15, 0.2) is 24.3 Å². The summed E-state index contributed by atoms with van der Waals surface area (Å²) in [5, 5.41) is 18.8. The van der Waals surface area contributed by atoms with Crippen LogP contribution in [-0.4, -0.2) is 21.9 Å². The van der Waals surface area contributed by atoms with Crippen molar-refractivity contribution in [2.75, 3.05) is 0 Å². The predicted octanol–water partition coefficient (Wildman–Crippen LogP) is 1.64. The molecular weight excluding hydrogens is 152 g/mol. The minimum Gasteiger partial charge on any atom is -0.390 e. The zero-order chi connectivity index (χ0) is 9.78. The van der Waals surface area contributed by atoms with Crippen LogP contribution in [0.1, 0.15) is 27.2 Å². The summed E-state index contributed by atoms with van der Waals surface area (Å²) < 4.78 is 0. The van der Waals surface area contributed by atoms with Crippen LogP contribution in [-0.2, 0) is 0 Å². The maximum atomic E-state index is 9.40. The average molecular weight is 170 g/mol. The molecule has 0 amide bonds. The summed E-state index contributed by atoms with van der Waals surface area (Å²) in [5.41, 5.74) is -0.0175. The Bertz CT molecular complexity index is 175. The van der Waals surface area contributed by atoms with E-state index in [1.807, 2.05) is 13.0 Å². The maximum absolute atomic E-state index is 9.40. The lowest BCUT2D eigenvalue weighted by atomic mass is 9.98. The van der Waals surface area contributed by atoms with Gasteiger partial charge in [-0.05, 0) is 27.2 Å². The summed E-state index contributed by atoms with van der Waals surface area (Å²) in [7, 11) is 0. The van der Waals surface area contributed by atoms with Gasteiger partial charge in [-0.2, -0.15) is 0 Å². The van der Waals surface area contributed by atoms with Crippen LogP contribution in [0.5, 0.6) is 0 Å². The highest BCUT2D eigenvalue weighted by Gasteiger charge is 2.22. The van der Waals surface area contributed by atoms with Crippen molar-refractivity contribution in [3.8, 4) is 0 Å². The molecule has 0 saturated carbocycles. The van der Waals surface area contributed by atoms with Crippen molar-refractivity contribution in [3.63, 3.8) is 0 Å². The summed E-state index contributed by atoms with van der Waals surface area (Å²) in [6.45, 7) is 8.68. The molecule has 0 aromatic carbocycles. The SMILES string of the molecule is C=C/C(C)=C\C[C@H](O)C(C)(C)O. The largest absolute Gasteiger partial charge is 0.390 e. The van der Waals surface area contributed by atoms with E-state index in [-0.39, 0.29) is 0 Å². The van der Waals surface area contributed by atoms with Crippen molar-refractivity contribution in [1.82, 2.24) is 0 Å². The predicted molar refractivity (Wildman–Crippen MR) is 50.9 cm³/mol. The minimum atomic E-state index is -1.03. The topological polar surface area (TPSA) is 40.5 Å². The third-order valence-electron chi connectivity index (χ3n) is 1.80. The zero-order valence-electron chi connectivity index (χ0n) is 8.04. The lowest BCUT2D eigenvalue weighted by Crippen LogP contribution is -2.35. The highest BCUT2D eigenvalue weighted by molar-refractivity contribution is 5.13. The Morgan fingerprint density at radius 1 is 1.58 bits per heavy atom. The number of aliphatic hydroxyl groups is 2. The van der Waals surface area contributed by atoms with E-state index in [1.54, 1.807) is 19.9 Å².